The number of carbonyl (C=O) groups is 1. The predicted octanol–water partition coefficient (Wildman–Crippen LogP) is 3.67. The lowest BCUT2D eigenvalue weighted by atomic mass is 10.1. The third-order valence-electron chi connectivity index (χ3n) is 3.61. The number of benzene rings is 1. The van der Waals surface area contributed by atoms with Crippen molar-refractivity contribution in [2.24, 2.45) is 0 Å². The van der Waals surface area contributed by atoms with Crippen LogP contribution < -0.4 is 4.90 Å². The average Bonchev–Trinajstić information content (AvgIpc) is 3.01. The fourth-order valence-corrected chi connectivity index (χ4v) is 3.41. The maximum Gasteiger partial charge on any atom is 0.164 e. The van der Waals surface area contributed by atoms with E-state index in [4.69, 9.17) is 4.74 Å². The number of anilines is 1. The first kappa shape index (κ1) is 14.2. The summed E-state index contributed by atoms with van der Waals surface area (Å²) in [5.41, 5.74) is 0.830. The Kier molecular flexibility index (Phi) is 4.03. The highest BCUT2D eigenvalue weighted by Crippen LogP contribution is 2.31. The van der Waals surface area contributed by atoms with Crippen LogP contribution in [0.5, 0.6) is 0 Å². The largest absolute Gasteiger partial charge is 0.369 e. The van der Waals surface area contributed by atoms with Crippen molar-refractivity contribution in [1.29, 1.82) is 0 Å². The number of carbonyl (C=O) groups excluding carboxylic acids is 1. The Morgan fingerprint density at radius 2 is 2.24 bits per heavy atom. The first-order valence-electron chi connectivity index (χ1n) is 6.86. The second kappa shape index (κ2) is 5.95. The third kappa shape index (κ3) is 2.84. The van der Waals surface area contributed by atoms with Gasteiger partial charge in [0.2, 0.25) is 0 Å². The number of Topliss-reactive ketones (excluding diaryl/α,β-unsaturated/α-hetero) is 1. The van der Waals surface area contributed by atoms with E-state index in [1.165, 1.54) is 13.0 Å². The molecule has 0 N–H and O–H groups in total. The van der Waals surface area contributed by atoms with E-state index in [-0.39, 0.29) is 17.5 Å². The zero-order valence-corrected chi connectivity index (χ0v) is 12.5. The van der Waals surface area contributed by atoms with Gasteiger partial charge < -0.3 is 9.64 Å². The standard InChI is InChI=1S/C16H16FNO2S/c1-11(19)16-12(17)4-2-5-13(16)18-7-8-20-14(10-18)15-6-3-9-21-15/h2-6,9,14H,7-8,10H2,1H3. The van der Waals surface area contributed by atoms with E-state index < -0.39 is 5.82 Å². The molecule has 0 radical (unpaired) electrons. The molecule has 1 fully saturated rings. The Hall–Kier alpha value is -1.72. The molecule has 3 rings (SSSR count). The van der Waals surface area contributed by atoms with E-state index in [9.17, 15) is 9.18 Å². The van der Waals surface area contributed by atoms with Crippen LogP contribution in [0.1, 0.15) is 28.3 Å². The average molecular weight is 305 g/mol. The zero-order valence-electron chi connectivity index (χ0n) is 11.7. The number of ketones is 1. The van der Waals surface area contributed by atoms with Gasteiger partial charge in [-0.05, 0) is 30.5 Å². The second-order valence-corrected chi connectivity index (χ2v) is 5.99. The summed E-state index contributed by atoms with van der Waals surface area (Å²) < 4.78 is 19.7. The Morgan fingerprint density at radius 1 is 1.38 bits per heavy atom. The molecular formula is C16H16FNO2S. The van der Waals surface area contributed by atoms with E-state index in [2.05, 4.69) is 0 Å². The van der Waals surface area contributed by atoms with Crippen molar-refractivity contribution >= 4 is 22.8 Å². The minimum atomic E-state index is -0.459. The number of hydrogen-bond donors (Lipinski definition) is 0. The molecule has 5 heteroatoms. The SMILES string of the molecule is CC(=O)c1c(F)cccc1N1CCOC(c2cccs2)C1. The first-order valence-corrected chi connectivity index (χ1v) is 7.74. The second-order valence-electron chi connectivity index (χ2n) is 5.01. The van der Waals surface area contributed by atoms with E-state index in [0.717, 1.165) is 4.88 Å². The smallest absolute Gasteiger partial charge is 0.164 e. The number of nitrogens with zero attached hydrogens (tertiary/aromatic N) is 1. The highest BCUT2D eigenvalue weighted by Gasteiger charge is 2.26. The van der Waals surface area contributed by atoms with Crippen molar-refractivity contribution in [2.45, 2.75) is 13.0 Å². The van der Waals surface area contributed by atoms with Crippen LogP contribution in [0.4, 0.5) is 10.1 Å². The van der Waals surface area contributed by atoms with E-state index in [0.29, 0.717) is 25.4 Å². The van der Waals surface area contributed by atoms with Crippen LogP contribution in [-0.2, 0) is 4.74 Å². The minimum Gasteiger partial charge on any atom is -0.369 e. The molecule has 2 heterocycles. The van der Waals surface area contributed by atoms with Crippen LogP contribution in [0.3, 0.4) is 0 Å². The number of hydrogen-bond acceptors (Lipinski definition) is 4. The summed E-state index contributed by atoms with van der Waals surface area (Å²) in [6.45, 7) is 3.26. The molecule has 0 spiro atoms. The highest BCUT2D eigenvalue weighted by molar-refractivity contribution is 7.10. The maximum absolute atomic E-state index is 13.9. The fraction of sp³-hybridized carbons (Fsp3) is 0.312. The Labute approximate surface area is 127 Å². The minimum absolute atomic E-state index is 0.0261. The molecule has 21 heavy (non-hydrogen) atoms. The van der Waals surface area contributed by atoms with Gasteiger partial charge in [0.15, 0.2) is 5.78 Å². The molecule has 0 amide bonds. The Bertz CT molecular complexity index is 642. The lowest BCUT2D eigenvalue weighted by molar-refractivity contribution is 0.0420. The summed E-state index contributed by atoms with van der Waals surface area (Å²) in [5.74, 6) is -0.707. The quantitative estimate of drug-likeness (QED) is 0.810. The van der Waals surface area contributed by atoms with Gasteiger partial charge in [0.05, 0.1) is 17.9 Å². The van der Waals surface area contributed by atoms with Crippen molar-refractivity contribution in [3.8, 4) is 0 Å². The number of halogens is 1. The number of rotatable bonds is 3. The number of morpholine rings is 1. The molecule has 0 bridgehead atoms. The molecule has 0 saturated carbocycles. The van der Waals surface area contributed by atoms with Gasteiger partial charge in [-0.15, -0.1) is 11.3 Å². The van der Waals surface area contributed by atoms with Crippen molar-refractivity contribution in [1.82, 2.24) is 0 Å². The topological polar surface area (TPSA) is 29.5 Å². The molecule has 3 nitrogen and oxygen atoms in total. The van der Waals surface area contributed by atoms with E-state index in [1.54, 1.807) is 23.5 Å². The molecule has 1 aromatic carbocycles. The lowest BCUT2D eigenvalue weighted by Gasteiger charge is -2.35. The monoisotopic (exact) mass is 305 g/mol. The maximum atomic E-state index is 13.9. The summed E-state index contributed by atoms with van der Waals surface area (Å²) >= 11 is 1.65. The van der Waals surface area contributed by atoms with Crippen LogP contribution >= 0.6 is 11.3 Å². The molecule has 1 aromatic heterocycles. The van der Waals surface area contributed by atoms with Crippen molar-refractivity contribution in [2.75, 3.05) is 24.6 Å². The van der Waals surface area contributed by atoms with E-state index in [1.807, 2.05) is 22.4 Å². The normalized spacial score (nSPS) is 18.8. The van der Waals surface area contributed by atoms with Gasteiger partial charge in [-0.25, -0.2) is 4.39 Å². The third-order valence-corrected chi connectivity index (χ3v) is 4.58. The van der Waals surface area contributed by atoms with Crippen LogP contribution in [0.2, 0.25) is 0 Å². The van der Waals surface area contributed by atoms with Gasteiger partial charge >= 0.3 is 0 Å². The molecule has 1 aliphatic rings. The van der Waals surface area contributed by atoms with Crippen molar-refractivity contribution < 1.29 is 13.9 Å². The first-order chi connectivity index (χ1) is 10.2. The number of thiophene rings is 1. The molecular weight excluding hydrogens is 289 g/mol. The van der Waals surface area contributed by atoms with Gasteiger partial charge in [0.25, 0.3) is 0 Å². The summed E-state index contributed by atoms with van der Waals surface area (Å²) in [7, 11) is 0. The molecule has 0 aliphatic carbocycles. The fourth-order valence-electron chi connectivity index (χ4n) is 2.64. The predicted molar refractivity (Wildman–Crippen MR) is 81.6 cm³/mol. The Morgan fingerprint density at radius 3 is 2.95 bits per heavy atom. The number of ether oxygens (including phenoxy) is 1. The lowest BCUT2D eigenvalue weighted by Crippen LogP contribution is -2.39. The highest BCUT2D eigenvalue weighted by atomic mass is 32.1. The Balaban J connectivity index is 1.90. The van der Waals surface area contributed by atoms with Gasteiger partial charge in [-0.1, -0.05) is 12.1 Å². The summed E-state index contributed by atoms with van der Waals surface area (Å²) in [5, 5.41) is 2.01. The van der Waals surface area contributed by atoms with Gasteiger partial charge in [-0.2, -0.15) is 0 Å². The van der Waals surface area contributed by atoms with Crippen LogP contribution in [-0.4, -0.2) is 25.5 Å². The summed E-state index contributed by atoms with van der Waals surface area (Å²) in [6.07, 6.45) is -0.0261. The van der Waals surface area contributed by atoms with Crippen LogP contribution in [0.25, 0.3) is 0 Å². The van der Waals surface area contributed by atoms with Crippen molar-refractivity contribution in [3.05, 3.63) is 52.0 Å². The van der Waals surface area contributed by atoms with E-state index >= 15 is 0 Å². The van der Waals surface area contributed by atoms with Crippen LogP contribution in [0.15, 0.2) is 35.7 Å². The van der Waals surface area contributed by atoms with Gasteiger partial charge in [0.1, 0.15) is 11.9 Å². The zero-order chi connectivity index (χ0) is 14.8. The molecule has 1 saturated heterocycles. The summed E-state index contributed by atoms with van der Waals surface area (Å²) in [6, 6.07) is 8.81. The molecule has 1 atom stereocenters. The van der Waals surface area contributed by atoms with Gasteiger partial charge in [0, 0.05) is 18.0 Å². The molecule has 1 aliphatic heterocycles. The van der Waals surface area contributed by atoms with Gasteiger partial charge in [-0.3, -0.25) is 4.79 Å². The summed E-state index contributed by atoms with van der Waals surface area (Å²) in [4.78, 5) is 14.9. The molecule has 2 aromatic rings. The molecule has 110 valence electrons. The van der Waals surface area contributed by atoms with Crippen LogP contribution in [0, 0.1) is 5.82 Å². The molecule has 1 unspecified atom stereocenters. The van der Waals surface area contributed by atoms with Crippen molar-refractivity contribution in [3.63, 3.8) is 0 Å².